The van der Waals surface area contributed by atoms with Gasteiger partial charge in [-0.25, -0.2) is 4.79 Å². The molecule has 0 aromatic rings. The Kier molecular flexibility index (Phi) is 5.12. The number of piperidine rings is 1. The van der Waals surface area contributed by atoms with E-state index in [0.717, 1.165) is 38.8 Å². The van der Waals surface area contributed by atoms with E-state index in [-0.39, 0.29) is 18.5 Å². The summed E-state index contributed by atoms with van der Waals surface area (Å²) >= 11 is 0. The smallest absolute Gasteiger partial charge is 0.320 e. The van der Waals surface area contributed by atoms with Gasteiger partial charge in [0.1, 0.15) is 0 Å². The number of aliphatic carboxylic acids is 1. The summed E-state index contributed by atoms with van der Waals surface area (Å²) in [6, 6.07) is 0.334. The minimum Gasteiger partial charge on any atom is -0.481 e. The molecule has 1 aliphatic carbocycles. The lowest BCUT2D eigenvalue weighted by Crippen LogP contribution is -2.50. The van der Waals surface area contributed by atoms with E-state index < -0.39 is 5.97 Å². The number of carbonyl (C=O) groups excluding carboxylic acids is 1. The molecule has 1 saturated heterocycles. The molecule has 120 valence electrons. The fourth-order valence-electron chi connectivity index (χ4n) is 3.35. The second-order valence-electron chi connectivity index (χ2n) is 6.55. The first-order chi connectivity index (χ1) is 10.0. The number of nitrogens with zero attached hydrogens (tertiary/aromatic N) is 2. The summed E-state index contributed by atoms with van der Waals surface area (Å²) in [7, 11) is 0. The zero-order chi connectivity index (χ0) is 15.5. The van der Waals surface area contributed by atoms with Crippen molar-refractivity contribution in [3.63, 3.8) is 0 Å². The van der Waals surface area contributed by atoms with E-state index in [1.807, 2.05) is 4.90 Å². The number of carboxylic acid groups (broad SMARTS) is 1. The molecule has 0 atom stereocenters. The largest absolute Gasteiger partial charge is 0.481 e. The molecule has 0 radical (unpaired) electrons. The van der Waals surface area contributed by atoms with E-state index in [2.05, 4.69) is 13.8 Å². The molecule has 1 saturated carbocycles. The third kappa shape index (κ3) is 3.89. The molecular formula is C16H28N2O3. The zero-order valence-electron chi connectivity index (χ0n) is 13.3. The Labute approximate surface area is 127 Å². The van der Waals surface area contributed by atoms with Crippen molar-refractivity contribution in [2.75, 3.05) is 19.6 Å². The van der Waals surface area contributed by atoms with Gasteiger partial charge in [-0.2, -0.15) is 0 Å². The molecule has 2 fully saturated rings. The van der Waals surface area contributed by atoms with Crippen molar-refractivity contribution in [3.05, 3.63) is 0 Å². The van der Waals surface area contributed by atoms with Crippen LogP contribution in [-0.4, -0.2) is 52.6 Å². The average Bonchev–Trinajstić information content (AvgIpc) is 3.32. The van der Waals surface area contributed by atoms with Crippen LogP contribution in [0, 0.1) is 5.41 Å². The van der Waals surface area contributed by atoms with Gasteiger partial charge in [-0.15, -0.1) is 0 Å². The third-order valence-electron chi connectivity index (χ3n) is 5.39. The highest BCUT2D eigenvalue weighted by molar-refractivity contribution is 5.76. The fraction of sp³-hybridized carbons (Fsp3) is 0.875. The van der Waals surface area contributed by atoms with E-state index in [0.29, 0.717) is 12.0 Å². The van der Waals surface area contributed by atoms with Crippen molar-refractivity contribution >= 4 is 12.0 Å². The van der Waals surface area contributed by atoms with Crippen LogP contribution in [0.15, 0.2) is 0 Å². The van der Waals surface area contributed by atoms with Gasteiger partial charge in [0, 0.05) is 25.7 Å². The highest BCUT2D eigenvalue weighted by Gasteiger charge is 2.38. The number of urea groups is 1. The Balaban J connectivity index is 1.91. The summed E-state index contributed by atoms with van der Waals surface area (Å²) in [5.74, 6) is -0.830. The molecule has 2 amide bonds. The van der Waals surface area contributed by atoms with Gasteiger partial charge in [0.15, 0.2) is 0 Å². The Morgan fingerprint density at radius 2 is 1.76 bits per heavy atom. The monoisotopic (exact) mass is 296 g/mol. The fourth-order valence-corrected chi connectivity index (χ4v) is 3.35. The van der Waals surface area contributed by atoms with Crippen molar-refractivity contribution in [1.82, 2.24) is 9.80 Å². The minimum absolute atomic E-state index is 0.0456. The van der Waals surface area contributed by atoms with Crippen molar-refractivity contribution in [3.8, 4) is 0 Å². The zero-order valence-corrected chi connectivity index (χ0v) is 13.3. The van der Waals surface area contributed by atoms with Gasteiger partial charge in [0.05, 0.1) is 6.42 Å². The van der Waals surface area contributed by atoms with Crippen LogP contribution >= 0.6 is 0 Å². The minimum atomic E-state index is -0.830. The lowest BCUT2D eigenvalue weighted by atomic mass is 9.74. The second-order valence-corrected chi connectivity index (χ2v) is 6.55. The maximum absolute atomic E-state index is 12.6. The van der Waals surface area contributed by atoms with Crippen LogP contribution in [0.25, 0.3) is 0 Å². The number of carbonyl (C=O) groups is 2. The Morgan fingerprint density at radius 3 is 2.19 bits per heavy atom. The quantitative estimate of drug-likeness (QED) is 0.819. The molecule has 1 N–H and O–H groups in total. The van der Waals surface area contributed by atoms with E-state index in [4.69, 9.17) is 5.11 Å². The molecular weight excluding hydrogens is 268 g/mol. The lowest BCUT2D eigenvalue weighted by molar-refractivity contribution is -0.137. The Morgan fingerprint density at radius 1 is 1.19 bits per heavy atom. The first-order valence-electron chi connectivity index (χ1n) is 8.28. The summed E-state index contributed by atoms with van der Waals surface area (Å²) in [4.78, 5) is 27.1. The predicted octanol–water partition coefficient (Wildman–Crippen LogP) is 2.95. The van der Waals surface area contributed by atoms with Gasteiger partial charge in [0.25, 0.3) is 0 Å². The maximum Gasteiger partial charge on any atom is 0.320 e. The number of rotatable bonds is 6. The number of hydrogen-bond donors (Lipinski definition) is 1. The number of carboxylic acids is 1. The van der Waals surface area contributed by atoms with Crippen molar-refractivity contribution in [2.45, 2.75) is 64.8 Å². The number of hydrogen-bond acceptors (Lipinski definition) is 2. The van der Waals surface area contributed by atoms with E-state index in [9.17, 15) is 9.59 Å². The van der Waals surface area contributed by atoms with Gasteiger partial charge in [0.2, 0.25) is 0 Å². The maximum atomic E-state index is 12.6. The van der Waals surface area contributed by atoms with Gasteiger partial charge in [-0.05, 0) is 31.1 Å². The molecule has 0 spiro atoms. The Hall–Kier alpha value is -1.26. The van der Waals surface area contributed by atoms with Crippen LogP contribution in [0.3, 0.4) is 0 Å². The van der Waals surface area contributed by atoms with E-state index in [1.165, 1.54) is 12.8 Å². The SMILES string of the molecule is CCC1(CC)CCN(C(=O)N(CCC(=O)O)C2CC2)CC1. The topological polar surface area (TPSA) is 60.9 Å². The van der Waals surface area contributed by atoms with Crippen LogP contribution in [0.5, 0.6) is 0 Å². The molecule has 2 rings (SSSR count). The van der Waals surface area contributed by atoms with Crippen LogP contribution < -0.4 is 0 Å². The Bertz CT molecular complexity index is 379. The molecule has 2 aliphatic rings. The van der Waals surface area contributed by atoms with Crippen LogP contribution in [0.1, 0.15) is 58.8 Å². The molecule has 0 aromatic heterocycles. The average molecular weight is 296 g/mol. The van der Waals surface area contributed by atoms with Gasteiger partial charge in [-0.1, -0.05) is 26.7 Å². The van der Waals surface area contributed by atoms with Crippen molar-refractivity contribution in [2.24, 2.45) is 5.41 Å². The van der Waals surface area contributed by atoms with Crippen LogP contribution in [0.4, 0.5) is 4.79 Å². The molecule has 5 heteroatoms. The molecule has 1 aliphatic heterocycles. The first kappa shape index (κ1) is 16.1. The normalized spacial score (nSPS) is 21.1. The summed E-state index contributed by atoms with van der Waals surface area (Å²) in [6.45, 7) is 6.46. The molecule has 1 heterocycles. The molecule has 0 unspecified atom stereocenters. The van der Waals surface area contributed by atoms with Crippen molar-refractivity contribution in [1.29, 1.82) is 0 Å². The first-order valence-corrected chi connectivity index (χ1v) is 8.28. The summed E-state index contributed by atoms with van der Waals surface area (Å²) in [6.07, 6.45) is 6.59. The highest BCUT2D eigenvalue weighted by atomic mass is 16.4. The van der Waals surface area contributed by atoms with Crippen molar-refractivity contribution < 1.29 is 14.7 Å². The summed E-state index contributed by atoms with van der Waals surface area (Å²) < 4.78 is 0. The molecule has 5 nitrogen and oxygen atoms in total. The lowest BCUT2D eigenvalue weighted by Gasteiger charge is -2.42. The van der Waals surface area contributed by atoms with E-state index in [1.54, 1.807) is 4.90 Å². The summed E-state index contributed by atoms with van der Waals surface area (Å²) in [5.41, 5.74) is 0.405. The van der Waals surface area contributed by atoms with Crippen LogP contribution in [-0.2, 0) is 4.79 Å². The van der Waals surface area contributed by atoms with Gasteiger partial charge >= 0.3 is 12.0 Å². The third-order valence-corrected chi connectivity index (χ3v) is 5.39. The van der Waals surface area contributed by atoms with Gasteiger partial charge < -0.3 is 14.9 Å². The van der Waals surface area contributed by atoms with E-state index >= 15 is 0 Å². The molecule has 21 heavy (non-hydrogen) atoms. The standard InChI is InChI=1S/C16H28N2O3/c1-3-16(4-2)8-11-17(12-9-16)15(21)18(13-5-6-13)10-7-14(19)20/h13H,3-12H2,1-2H3,(H,19,20). The van der Waals surface area contributed by atoms with Crippen LogP contribution in [0.2, 0.25) is 0 Å². The second kappa shape index (κ2) is 6.67. The number of amides is 2. The number of likely N-dealkylation sites (tertiary alicyclic amines) is 1. The molecule has 0 bridgehead atoms. The highest BCUT2D eigenvalue weighted by Crippen LogP contribution is 2.38. The summed E-state index contributed by atoms with van der Waals surface area (Å²) in [5, 5.41) is 8.84. The predicted molar refractivity (Wildman–Crippen MR) is 81.2 cm³/mol. The van der Waals surface area contributed by atoms with Gasteiger partial charge in [-0.3, -0.25) is 4.79 Å². The molecule has 0 aromatic carbocycles.